The molecule has 0 saturated heterocycles. The van der Waals surface area contributed by atoms with Gasteiger partial charge in [0.1, 0.15) is 11.6 Å². The molecule has 1 aromatic carbocycles. The molecule has 4 rings (SSSR count). The molecule has 0 atom stereocenters. The molecule has 0 fully saturated rings. The summed E-state index contributed by atoms with van der Waals surface area (Å²) in [5.74, 6) is -0.463. The van der Waals surface area contributed by atoms with Crippen molar-refractivity contribution < 1.29 is 22.4 Å². The minimum absolute atomic E-state index is 0.0297. The summed E-state index contributed by atoms with van der Waals surface area (Å²) in [5, 5.41) is 13.7. The van der Waals surface area contributed by atoms with E-state index in [4.69, 9.17) is 0 Å². The number of aryl methyl sites for hydroxylation is 2. The Labute approximate surface area is 156 Å². The van der Waals surface area contributed by atoms with E-state index in [9.17, 15) is 22.4 Å². The fraction of sp³-hybridized carbons (Fsp3) is 0.294. The van der Waals surface area contributed by atoms with Crippen molar-refractivity contribution in [3.05, 3.63) is 47.4 Å². The van der Waals surface area contributed by atoms with Gasteiger partial charge in [-0.25, -0.2) is 4.39 Å². The fourth-order valence-corrected chi connectivity index (χ4v) is 3.16. The van der Waals surface area contributed by atoms with Gasteiger partial charge < -0.3 is 9.88 Å². The average molecular weight is 394 g/mol. The number of halogens is 4. The molecule has 7 nitrogen and oxygen atoms in total. The molecule has 1 aliphatic rings. The maximum Gasteiger partial charge on any atom is 0.435 e. The molecule has 0 saturated carbocycles. The lowest BCUT2D eigenvalue weighted by Crippen LogP contribution is -2.18. The highest BCUT2D eigenvalue weighted by atomic mass is 19.4. The van der Waals surface area contributed by atoms with E-state index in [-0.39, 0.29) is 22.8 Å². The molecule has 0 bridgehead atoms. The van der Waals surface area contributed by atoms with E-state index in [2.05, 4.69) is 20.6 Å². The molecule has 1 N–H and O–H groups in total. The Morgan fingerprint density at radius 1 is 1.21 bits per heavy atom. The largest absolute Gasteiger partial charge is 0.435 e. The van der Waals surface area contributed by atoms with E-state index in [0.29, 0.717) is 6.54 Å². The zero-order valence-electron chi connectivity index (χ0n) is 14.6. The molecule has 0 radical (unpaired) electrons. The Morgan fingerprint density at radius 2 is 2.00 bits per heavy atom. The van der Waals surface area contributed by atoms with Crippen molar-refractivity contribution in [2.45, 2.75) is 25.6 Å². The lowest BCUT2D eigenvalue weighted by atomic mass is 10.1. The van der Waals surface area contributed by atoms with Gasteiger partial charge in [0.2, 0.25) is 5.82 Å². The molecule has 1 amide bonds. The number of nitrogens with one attached hydrogen (secondary N) is 1. The number of hydrogen-bond donors (Lipinski definition) is 1. The molecule has 28 heavy (non-hydrogen) atoms. The van der Waals surface area contributed by atoms with Crippen LogP contribution in [0.2, 0.25) is 0 Å². The van der Waals surface area contributed by atoms with Gasteiger partial charge in [-0.15, -0.1) is 10.2 Å². The molecule has 0 spiro atoms. The molecule has 3 aromatic rings. The minimum Gasteiger partial charge on any atom is -0.319 e. The van der Waals surface area contributed by atoms with Gasteiger partial charge in [0.05, 0.1) is 5.69 Å². The smallest absolute Gasteiger partial charge is 0.319 e. The topological polar surface area (TPSA) is 77.6 Å². The third kappa shape index (κ3) is 3.12. The van der Waals surface area contributed by atoms with Gasteiger partial charge in [-0.2, -0.15) is 18.3 Å². The van der Waals surface area contributed by atoms with E-state index < -0.39 is 23.6 Å². The number of benzene rings is 1. The van der Waals surface area contributed by atoms with Gasteiger partial charge in [-0.05, 0) is 30.7 Å². The Morgan fingerprint density at radius 3 is 2.68 bits per heavy atom. The number of aromatic nitrogens is 5. The van der Waals surface area contributed by atoms with Crippen molar-refractivity contribution in [2.24, 2.45) is 7.05 Å². The first-order valence-corrected chi connectivity index (χ1v) is 8.38. The minimum atomic E-state index is -4.63. The zero-order chi connectivity index (χ0) is 20.1. The monoisotopic (exact) mass is 394 g/mol. The van der Waals surface area contributed by atoms with Crippen molar-refractivity contribution >= 4 is 11.6 Å². The van der Waals surface area contributed by atoms with Crippen molar-refractivity contribution in [2.75, 3.05) is 5.32 Å². The number of alkyl halides is 3. The molecule has 3 heterocycles. The highest BCUT2D eigenvalue weighted by molar-refractivity contribution is 6.01. The third-order valence-corrected chi connectivity index (χ3v) is 4.49. The maximum absolute atomic E-state index is 14.5. The first-order valence-electron chi connectivity index (χ1n) is 8.38. The van der Waals surface area contributed by atoms with Crippen LogP contribution < -0.4 is 5.32 Å². The van der Waals surface area contributed by atoms with Crippen molar-refractivity contribution in [3.8, 4) is 11.3 Å². The second-order valence-electron chi connectivity index (χ2n) is 6.38. The summed E-state index contributed by atoms with van der Waals surface area (Å²) in [6.07, 6.45) is -3.01. The SMILES string of the molecule is Cn1nc(C(F)(F)F)cc1-c1ccc(NC(=O)c2nnc3n2CCC3)cc1F. The number of fused-ring (bicyclic) bond motifs is 1. The van der Waals surface area contributed by atoms with Crippen LogP contribution >= 0.6 is 0 Å². The van der Waals surface area contributed by atoms with Crippen molar-refractivity contribution in [3.63, 3.8) is 0 Å². The number of carbonyl (C=O) groups is 1. The Bertz CT molecular complexity index is 1070. The van der Waals surface area contributed by atoms with Crippen LogP contribution in [0, 0.1) is 5.82 Å². The van der Waals surface area contributed by atoms with Crippen LogP contribution in [-0.4, -0.2) is 30.5 Å². The number of rotatable bonds is 3. The van der Waals surface area contributed by atoms with E-state index in [1.165, 1.54) is 19.2 Å². The molecular weight excluding hydrogens is 380 g/mol. The van der Waals surface area contributed by atoms with Gasteiger partial charge in [0, 0.05) is 31.3 Å². The predicted molar refractivity (Wildman–Crippen MR) is 89.9 cm³/mol. The van der Waals surface area contributed by atoms with Crippen molar-refractivity contribution in [1.29, 1.82) is 0 Å². The highest BCUT2D eigenvalue weighted by Gasteiger charge is 2.35. The standard InChI is InChI=1S/C17H14F4N6O/c1-26-12(8-13(25-26)17(19,20)21)10-5-4-9(7-11(10)18)22-16(28)15-24-23-14-3-2-6-27(14)15/h4-5,7-8H,2-3,6H2,1H3,(H,22,28). The predicted octanol–water partition coefficient (Wildman–Crippen LogP) is 3.04. The summed E-state index contributed by atoms with van der Waals surface area (Å²) in [4.78, 5) is 12.4. The van der Waals surface area contributed by atoms with Crippen LogP contribution in [0.5, 0.6) is 0 Å². The zero-order valence-corrected chi connectivity index (χ0v) is 14.6. The second kappa shape index (κ2) is 6.43. The quantitative estimate of drug-likeness (QED) is 0.693. The maximum atomic E-state index is 14.5. The summed E-state index contributed by atoms with van der Waals surface area (Å²) in [5.41, 5.74) is -1.05. The third-order valence-electron chi connectivity index (χ3n) is 4.49. The number of hydrogen-bond acceptors (Lipinski definition) is 4. The molecular formula is C17H14F4N6O. The summed E-state index contributed by atoms with van der Waals surface area (Å²) in [6, 6.07) is 4.50. The Kier molecular flexibility index (Phi) is 4.16. The number of anilines is 1. The van der Waals surface area contributed by atoms with E-state index >= 15 is 0 Å². The average Bonchev–Trinajstić information content (AvgIpc) is 3.29. The number of carbonyl (C=O) groups excluding carboxylic acids is 1. The summed E-state index contributed by atoms with van der Waals surface area (Å²) < 4.78 is 55.6. The van der Waals surface area contributed by atoms with Gasteiger partial charge in [-0.1, -0.05) is 0 Å². The van der Waals surface area contributed by atoms with Crippen LogP contribution in [0.4, 0.5) is 23.2 Å². The van der Waals surface area contributed by atoms with Crippen LogP contribution in [0.3, 0.4) is 0 Å². The van der Waals surface area contributed by atoms with Crippen LogP contribution in [0.1, 0.15) is 28.6 Å². The van der Waals surface area contributed by atoms with Gasteiger partial charge in [-0.3, -0.25) is 9.48 Å². The van der Waals surface area contributed by atoms with Crippen LogP contribution in [0.25, 0.3) is 11.3 Å². The highest BCUT2D eigenvalue weighted by Crippen LogP contribution is 2.33. The van der Waals surface area contributed by atoms with E-state index in [1.54, 1.807) is 4.57 Å². The molecule has 1 aliphatic heterocycles. The molecule has 0 aliphatic carbocycles. The number of amides is 1. The van der Waals surface area contributed by atoms with Gasteiger partial charge in [0.25, 0.3) is 5.91 Å². The summed E-state index contributed by atoms with van der Waals surface area (Å²) in [7, 11) is 1.30. The van der Waals surface area contributed by atoms with Crippen LogP contribution in [-0.2, 0) is 26.2 Å². The number of nitrogens with zero attached hydrogens (tertiary/aromatic N) is 5. The van der Waals surface area contributed by atoms with Gasteiger partial charge >= 0.3 is 6.18 Å². The molecule has 0 unspecified atom stereocenters. The Balaban J connectivity index is 1.58. The Hall–Kier alpha value is -3.24. The second-order valence-corrected chi connectivity index (χ2v) is 6.38. The van der Waals surface area contributed by atoms with E-state index in [0.717, 1.165) is 35.5 Å². The summed E-state index contributed by atoms with van der Waals surface area (Å²) in [6.45, 7) is 0.639. The normalized spacial score (nSPS) is 13.6. The summed E-state index contributed by atoms with van der Waals surface area (Å²) >= 11 is 0. The fourth-order valence-electron chi connectivity index (χ4n) is 3.16. The lowest BCUT2D eigenvalue weighted by molar-refractivity contribution is -0.141. The molecule has 146 valence electrons. The molecule has 2 aromatic heterocycles. The first kappa shape index (κ1) is 18.1. The van der Waals surface area contributed by atoms with E-state index in [1.807, 2.05) is 0 Å². The first-order chi connectivity index (χ1) is 13.2. The van der Waals surface area contributed by atoms with Gasteiger partial charge in [0.15, 0.2) is 5.69 Å². The lowest BCUT2D eigenvalue weighted by Gasteiger charge is -2.08. The van der Waals surface area contributed by atoms with Crippen LogP contribution in [0.15, 0.2) is 24.3 Å². The molecule has 11 heteroatoms. The van der Waals surface area contributed by atoms with Crippen molar-refractivity contribution in [1.82, 2.24) is 24.5 Å².